The molecule has 0 atom stereocenters. The molecule has 1 nitrogen and oxygen atoms in total. The van der Waals surface area contributed by atoms with Crippen LogP contribution in [0.1, 0.15) is 51.7 Å². The molecule has 0 bridgehead atoms. The summed E-state index contributed by atoms with van der Waals surface area (Å²) in [5.41, 5.74) is 5.34. The van der Waals surface area contributed by atoms with Gasteiger partial charge in [-0.1, -0.05) is 49.7 Å². The lowest BCUT2D eigenvalue weighted by Gasteiger charge is -2.41. The van der Waals surface area contributed by atoms with Gasteiger partial charge in [0.05, 0.1) is 0 Å². The van der Waals surface area contributed by atoms with Crippen LogP contribution in [0, 0.1) is 0 Å². The highest BCUT2D eigenvalue weighted by Gasteiger charge is 2.37. The molecule has 0 saturated heterocycles. The standard InChI is InChI=1S/C20H21BrO/c1-19(2)8-9-20(3,4)14-11-17-12(10-13(14)19)18-15(21)6-5-7-16(18)22-17/h5-7,10-11H,8-9H2,1-4H3. The Morgan fingerprint density at radius 2 is 1.55 bits per heavy atom. The Hall–Kier alpha value is -1.28. The molecular weight excluding hydrogens is 336 g/mol. The predicted octanol–water partition coefficient (Wildman–Crippen LogP) is 6.70. The molecule has 0 saturated carbocycles. The molecule has 0 aliphatic heterocycles. The molecule has 0 unspecified atom stereocenters. The van der Waals surface area contributed by atoms with E-state index < -0.39 is 0 Å². The van der Waals surface area contributed by atoms with Crippen molar-refractivity contribution < 1.29 is 4.42 Å². The third kappa shape index (κ3) is 1.89. The summed E-state index contributed by atoms with van der Waals surface area (Å²) in [6.07, 6.45) is 2.46. The molecule has 0 radical (unpaired) electrons. The van der Waals surface area contributed by atoms with Crippen LogP contribution in [0.5, 0.6) is 0 Å². The van der Waals surface area contributed by atoms with Crippen LogP contribution >= 0.6 is 15.9 Å². The molecule has 1 aliphatic rings. The van der Waals surface area contributed by atoms with E-state index in [1.807, 2.05) is 6.07 Å². The van der Waals surface area contributed by atoms with Gasteiger partial charge in [0.25, 0.3) is 0 Å². The minimum absolute atomic E-state index is 0.218. The van der Waals surface area contributed by atoms with E-state index in [-0.39, 0.29) is 10.8 Å². The monoisotopic (exact) mass is 356 g/mol. The molecule has 2 aromatic carbocycles. The summed E-state index contributed by atoms with van der Waals surface area (Å²) >= 11 is 3.68. The lowest BCUT2D eigenvalue weighted by atomic mass is 9.63. The van der Waals surface area contributed by atoms with Gasteiger partial charge in [0.1, 0.15) is 11.2 Å². The number of furan rings is 1. The summed E-state index contributed by atoms with van der Waals surface area (Å²) in [5, 5.41) is 2.42. The zero-order valence-electron chi connectivity index (χ0n) is 13.6. The highest BCUT2D eigenvalue weighted by Crippen LogP contribution is 2.48. The van der Waals surface area contributed by atoms with E-state index in [0.717, 1.165) is 15.6 Å². The van der Waals surface area contributed by atoms with Crippen LogP contribution in [0.25, 0.3) is 21.9 Å². The predicted molar refractivity (Wildman–Crippen MR) is 96.7 cm³/mol. The topological polar surface area (TPSA) is 13.1 Å². The van der Waals surface area contributed by atoms with E-state index in [2.05, 4.69) is 67.9 Å². The fourth-order valence-electron chi connectivity index (χ4n) is 3.84. The largest absolute Gasteiger partial charge is 0.456 e. The highest BCUT2D eigenvalue weighted by atomic mass is 79.9. The van der Waals surface area contributed by atoms with Crippen molar-refractivity contribution in [3.63, 3.8) is 0 Å². The molecule has 1 heterocycles. The number of hydrogen-bond donors (Lipinski definition) is 0. The van der Waals surface area contributed by atoms with E-state index in [1.165, 1.54) is 34.7 Å². The van der Waals surface area contributed by atoms with Gasteiger partial charge in [-0.05, 0) is 59.1 Å². The minimum Gasteiger partial charge on any atom is -0.456 e. The number of hydrogen-bond acceptors (Lipinski definition) is 1. The summed E-state index contributed by atoms with van der Waals surface area (Å²) < 4.78 is 7.24. The van der Waals surface area contributed by atoms with Crippen LogP contribution in [0.2, 0.25) is 0 Å². The second-order valence-corrected chi connectivity index (χ2v) is 8.73. The van der Waals surface area contributed by atoms with E-state index in [1.54, 1.807) is 0 Å². The zero-order valence-corrected chi connectivity index (χ0v) is 15.2. The molecule has 3 aromatic rings. The third-order valence-corrected chi connectivity index (χ3v) is 6.08. The molecule has 1 aliphatic carbocycles. The van der Waals surface area contributed by atoms with E-state index >= 15 is 0 Å². The fourth-order valence-corrected chi connectivity index (χ4v) is 4.40. The Bertz CT molecular complexity index is 899. The van der Waals surface area contributed by atoms with Crippen LogP contribution in [0.15, 0.2) is 39.2 Å². The van der Waals surface area contributed by atoms with Crippen molar-refractivity contribution in [1.82, 2.24) is 0 Å². The summed E-state index contributed by atoms with van der Waals surface area (Å²) in [6.45, 7) is 9.44. The SMILES string of the molecule is CC1(C)CCC(C)(C)c2cc3c(cc21)oc1cccc(Br)c13. The van der Waals surface area contributed by atoms with Crippen LogP contribution in [0.3, 0.4) is 0 Å². The average molecular weight is 357 g/mol. The lowest BCUT2D eigenvalue weighted by molar-refractivity contribution is 0.332. The summed E-state index contributed by atoms with van der Waals surface area (Å²) in [6, 6.07) is 10.8. The molecule has 0 amide bonds. The molecule has 2 heteroatoms. The van der Waals surface area contributed by atoms with E-state index in [9.17, 15) is 0 Å². The molecule has 22 heavy (non-hydrogen) atoms. The van der Waals surface area contributed by atoms with Crippen molar-refractivity contribution in [2.24, 2.45) is 0 Å². The Balaban J connectivity index is 2.15. The van der Waals surface area contributed by atoms with Gasteiger partial charge in [-0.15, -0.1) is 0 Å². The van der Waals surface area contributed by atoms with Gasteiger partial charge in [0, 0.05) is 15.2 Å². The van der Waals surface area contributed by atoms with Gasteiger partial charge in [0.15, 0.2) is 0 Å². The second-order valence-electron chi connectivity index (χ2n) is 7.88. The first kappa shape index (κ1) is 14.3. The van der Waals surface area contributed by atoms with Crippen LogP contribution in [0.4, 0.5) is 0 Å². The quantitative estimate of drug-likeness (QED) is 0.436. The van der Waals surface area contributed by atoms with Crippen LogP contribution in [-0.4, -0.2) is 0 Å². The van der Waals surface area contributed by atoms with Crippen LogP contribution in [-0.2, 0) is 10.8 Å². The smallest absolute Gasteiger partial charge is 0.136 e. The van der Waals surface area contributed by atoms with Crippen molar-refractivity contribution >= 4 is 37.9 Å². The number of fused-ring (bicyclic) bond motifs is 4. The molecule has 114 valence electrons. The Kier molecular flexibility index (Phi) is 2.85. The van der Waals surface area contributed by atoms with Gasteiger partial charge in [-0.2, -0.15) is 0 Å². The number of benzene rings is 2. The molecule has 1 aromatic heterocycles. The minimum atomic E-state index is 0.218. The van der Waals surface area contributed by atoms with Gasteiger partial charge in [0.2, 0.25) is 0 Å². The van der Waals surface area contributed by atoms with Gasteiger partial charge < -0.3 is 4.42 Å². The van der Waals surface area contributed by atoms with Gasteiger partial charge in [-0.25, -0.2) is 0 Å². The summed E-state index contributed by atoms with van der Waals surface area (Å²) in [5.74, 6) is 0. The number of rotatable bonds is 0. The molecular formula is C20H21BrO. The Morgan fingerprint density at radius 1 is 0.909 bits per heavy atom. The van der Waals surface area contributed by atoms with E-state index in [0.29, 0.717) is 0 Å². The van der Waals surface area contributed by atoms with Gasteiger partial charge in [-0.3, -0.25) is 0 Å². The lowest BCUT2D eigenvalue weighted by Crippen LogP contribution is -2.33. The molecule has 4 rings (SSSR count). The highest BCUT2D eigenvalue weighted by molar-refractivity contribution is 9.10. The first-order valence-corrected chi connectivity index (χ1v) is 8.75. The summed E-state index contributed by atoms with van der Waals surface area (Å²) in [4.78, 5) is 0. The maximum atomic E-state index is 6.13. The van der Waals surface area contributed by atoms with Crippen molar-refractivity contribution in [3.05, 3.63) is 45.9 Å². The average Bonchev–Trinajstić information content (AvgIpc) is 2.82. The third-order valence-electron chi connectivity index (χ3n) is 5.42. The van der Waals surface area contributed by atoms with Gasteiger partial charge >= 0.3 is 0 Å². The normalized spacial score (nSPS) is 19.5. The maximum Gasteiger partial charge on any atom is 0.136 e. The van der Waals surface area contributed by atoms with Crippen LogP contribution < -0.4 is 0 Å². The first-order chi connectivity index (χ1) is 10.3. The maximum absolute atomic E-state index is 6.13. The molecule has 0 N–H and O–H groups in total. The van der Waals surface area contributed by atoms with Crippen molar-refractivity contribution in [2.45, 2.75) is 51.4 Å². The molecule has 0 spiro atoms. The van der Waals surface area contributed by atoms with Crippen molar-refractivity contribution in [1.29, 1.82) is 0 Å². The Morgan fingerprint density at radius 3 is 2.23 bits per heavy atom. The van der Waals surface area contributed by atoms with Crippen molar-refractivity contribution in [3.8, 4) is 0 Å². The van der Waals surface area contributed by atoms with E-state index in [4.69, 9.17) is 4.42 Å². The molecule has 0 fully saturated rings. The summed E-state index contributed by atoms with van der Waals surface area (Å²) in [7, 11) is 0. The second kappa shape index (κ2) is 4.38. The fraction of sp³-hybridized carbons (Fsp3) is 0.400. The zero-order chi connectivity index (χ0) is 15.7. The van der Waals surface area contributed by atoms with Crippen molar-refractivity contribution in [2.75, 3.05) is 0 Å². The first-order valence-electron chi connectivity index (χ1n) is 7.95. The Labute approximate surface area is 139 Å². The number of halogens is 1.